The molecule has 0 heterocycles. The van der Waals surface area contributed by atoms with Gasteiger partial charge >= 0.3 is 0 Å². The summed E-state index contributed by atoms with van der Waals surface area (Å²) in [5.74, 6) is 5.45. The first kappa shape index (κ1) is 24.9. The lowest BCUT2D eigenvalue weighted by atomic mass is 9.47. The zero-order chi connectivity index (χ0) is 23.1. The van der Waals surface area contributed by atoms with Crippen LogP contribution in [0.15, 0.2) is 11.6 Å². The summed E-state index contributed by atoms with van der Waals surface area (Å²) < 4.78 is 0. The molecule has 8 atom stereocenters. The molecule has 32 heavy (non-hydrogen) atoms. The van der Waals surface area contributed by atoms with Crippen LogP contribution in [0.25, 0.3) is 0 Å². The maximum absolute atomic E-state index is 12.0. The molecule has 0 aromatic heterocycles. The van der Waals surface area contributed by atoms with Crippen LogP contribution in [0.4, 0.5) is 0 Å². The van der Waals surface area contributed by atoms with Gasteiger partial charge in [-0.3, -0.25) is 4.79 Å². The van der Waals surface area contributed by atoms with Crippen molar-refractivity contribution in [3.05, 3.63) is 11.6 Å². The third-order valence-electron chi connectivity index (χ3n) is 10.8. The average molecular weight is 459 g/mol. The van der Waals surface area contributed by atoms with Crippen molar-refractivity contribution < 1.29 is 4.79 Å². The van der Waals surface area contributed by atoms with E-state index in [1.165, 1.54) is 70.6 Å². The van der Waals surface area contributed by atoms with E-state index in [9.17, 15) is 4.79 Å². The van der Waals surface area contributed by atoms with Gasteiger partial charge in [-0.05, 0) is 97.7 Å². The summed E-state index contributed by atoms with van der Waals surface area (Å²) in [6.07, 6.45) is 18.6. The molecule has 3 saturated carbocycles. The Morgan fingerprint density at radius 3 is 2.56 bits per heavy atom. The number of hydrogen-bond donors (Lipinski definition) is 0. The summed E-state index contributed by atoms with van der Waals surface area (Å²) in [7, 11) is 0. The van der Waals surface area contributed by atoms with Crippen molar-refractivity contribution in [3.8, 4) is 0 Å². The number of fused-ring (bicyclic) bond motifs is 5. The summed E-state index contributed by atoms with van der Waals surface area (Å²) in [4.78, 5) is 12.0. The molecule has 1 nitrogen and oxygen atoms in total. The van der Waals surface area contributed by atoms with Gasteiger partial charge in [0.15, 0.2) is 5.12 Å². The van der Waals surface area contributed by atoms with E-state index in [-0.39, 0.29) is 0 Å². The van der Waals surface area contributed by atoms with E-state index >= 15 is 0 Å². The summed E-state index contributed by atoms with van der Waals surface area (Å²) in [6.45, 7) is 14.7. The maximum atomic E-state index is 12.0. The molecule has 0 aromatic carbocycles. The lowest BCUT2D eigenvalue weighted by Gasteiger charge is -2.58. The van der Waals surface area contributed by atoms with Crippen molar-refractivity contribution in [2.45, 2.75) is 124 Å². The van der Waals surface area contributed by atoms with Crippen LogP contribution in [0.5, 0.6) is 0 Å². The third kappa shape index (κ3) is 4.52. The van der Waals surface area contributed by atoms with E-state index in [0.717, 1.165) is 35.5 Å². The smallest absolute Gasteiger partial charge is 0.188 e. The average Bonchev–Trinajstić information content (AvgIpc) is 3.11. The van der Waals surface area contributed by atoms with Crippen LogP contribution in [0.1, 0.15) is 119 Å². The number of hydrogen-bond acceptors (Lipinski definition) is 2. The van der Waals surface area contributed by atoms with Gasteiger partial charge in [-0.1, -0.05) is 84.2 Å². The molecule has 0 aromatic rings. The second-order valence-corrected chi connectivity index (χ2v) is 14.4. The molecule has 0 spiro atoms. The molecule has 4 rings (SSSR count). The molecular weight excluding hydrogens is 408 g/mol. The van der Waals surface area contributed by atoms with E-state index in [0.29, 0.717) is 27.6 Å². The summed E-state index contributed by atoms with van der Waals surface area (Å²) in [5.41, 5.74) is 2.73. The minimum Gasteiger partial charge on any atom is -0.287 e. The Morgan fingerprint density at radius 1 is 1.06 bits per heavy atom. The van der Waals surface area contributed by atoms with Gasteiger partial charge in [-0.2, -0.15) is 0 Å². The fourth-order valence-electron chi connectivity index (χ4n) is 9.02. The quantitative estimate of drug-likeness (QED) is 0.354. The van der Waals surface area contributed by atoms with E-state index in [2.05, 4.69) is 40.7 Å². The van der Waals surface area contributed by atoms with Gasteiger partial charge in [0.25, 0.3) is 0 Å². The monoisotopic (exact) mass is 458 g/mol. The first-order valence-electron chi connectivity index (χ1n) is 14.1. The number of rotatable bonds is 7. The van der Waals surface area contributed by atoms with Gasteiger partial charge in [0.05, 0.1) is 0 Å². The van der Waals surface area contributed by atoms with Gasteiger partial charge in [0.2, 0.25) is 0 Å². The second kappa shape index (κ2) is 9.79. The van der Waals surface area contributed by atoms with Gasteiger partial charge in [-0.15, -0.1) is 0 Å². The van der Waals surface area contributed by atoms with Crippen LogP contribution in [0, 0.1) is 46.3 Å². The number of carbonyl (C=O) groups excluding carboxylic acids is 1. The fraction of sp³-hybridized carbons (Fsp3) is 0.900. The molecule has 0 bridgehead atoms. The molecule has 4 aliphatic carbocycles. The predicted octanol–water partition coefficient (Wildman–Crippen LogP) is 9.07. The lowest BCUT2D eigenvalue weighted by Crippen LogP contribution is -2.50. The van der Waals surface area contributed by atoms with Crippen LogP contribution in [-0.4, -0.2) is 10.4 Å². The van der Waals surface area contributed by atoms with Crippen LogP contribution in [0.2, 0.25) is 0 Å². The Balaban J connectivity index is 1.45. The van der Waals surface area contributed by atoms with Crippen LogP contribution in [-0.2, 0) is 4.79 Å². The van der Waals surface area contributed by atoms with Gasteiger partial charge < -0.3 is 0 Å². The lowest BCUT2D eigenvalue weighted by molar-refractivity contribution is -0.110. The highest BCUT2D eigenvalue weighted by molar-refractivity contribution is 8.14. The van der Waals surface area contributed by atoms with Gasteiger partial charge in [0.1, 0.15) is 0 Å². The molecule has 0 radical (unpaired) electrons. The summed E-state index contributed by atoms with van der Waals surface area (Å²) >= 11 is 1.65. The maximum Gasteiger partial charge on any atom is 0.188 e. The normalized spacial score (nSPS) is 42.1. The van der Waals surface area contributed by atoms with Crippen molar-refractivity contribution in [1.29, 1.82) is 0 Å². The van der Waals surface area contributed by atoms with Crippen molar-refractivity contribution in [3.63, 3.8) is 0 Å². The zero-order valence-corrected chi connectivity index (χ0v) is 22.7. The van der Waals surface area contributed by atoms with E-state index in [1.54, 1.807) is 17.3 Å². The molecule has 0 aliphatic heterocycles. The topological polar surface area (TPSA) is 17.1 Å². The Bertz CT molecular complexity index is 710. The first-order valence-corrected chi connectivity index (χ1v) is 15.0. The summed E-state index contributed by atoms with van der Waals surface area (Å²) in [6, 6.07) is 0. The number of allylic oxidation sites excluding steroid dienone is 2. The van der Waals surface area contributed by atoms with Crippen molar-refractivity contribution in [2.75, 3.05) is 0 Å². The molecule has 182 valence electrons. The standard InChI is InChI=1S/C30H50OS/c1-7-28(31)32-23-15-17-29(5)22(19-23)11-12-24-26-14-13-25(21(4)10-8-9-20(2)3)30(26,6)18-16-27(24)29/h11,20-21,23-27H,7-10,12-19H2,1-6H3/t21-,23-,24+,25-,26+,27+,29-,30-/m0/s1. The highest BCUT2D eigenvalue weighted by Gasteiger charge is 2.59. The SMILES string of the molecule is CCC(=O)S[C@H]1CC[C@@]2(C)C(=CC[C@@H]3[C@H]4CC[C@@H]([C@@H](C)CCCC(C)C)[C@]4(C)CC[C@H]32)C1. The molecule has 2 heteroatoms. The van der Waals surface area contributed by atoms with E-state index in [1.807, 2.05) is 6.92 Å². The number of carbonyl (C=O) groups is 1. The molecule has 3 fully saturated rings. The zero-order valence-electron chi connectivity index (χ0n) is 21.9. The minimum atomic E-state index is 0.390. The van der Waals surface area contributed by atoms with Crippen molar-refractivity contribution >= 4 is 16.9 Å². The molecule has 0 amide bonds. The van der Waals surface area contributed by atoms with Crippen LogP contribution >= 0.6 is 11.8 Å². The molecule has 4 aliphatic rings. The molecular formula is C30H50OS. The Morgan fingerprint density at radius 2 is 1.84 bits per heavy atom. The Labute approximate surface area is 203 Å². The van der Waals surface area contributed by atoms with Crippen LogP contribution in [0.3, 0.4) is 0 Å². The molecule has 0 saturated heterocycles. The highest BCUT2D eigenvalue weighted by atomic mass is 32.2. The van der Waals surface area contributed by atoms with E-state index in [4.69, 9.17) is 0 Å². The van der Waals surface area contributed by atoms with Crippen LogP contribution < -0.4 is 0 Å². The van der Waals surface area contributed by atoms with Crippen molar-refractivity contribution in [2.24, 2.45) is 46.3 Å². The number of thioether (sulfide) groups is 1. The van der Waals surface area contributed by atoms with Gasteiger partial charge in [-0.25, -0.2) is 0 Å². The minimum absolute atomic E-state index is 0.390. The predicted molar refractivity (Wildman–Crippen MR) is 140 cm³/mol. The third-order valence-corrected chi connectivity index (χ3v) is 12.1. The molecule has 0 unspecified atom stereocenters. The Kier molecular flexibility index (Phi) is 7.61. The second-order valence-electron chi connectivity index (χ2n) is 13.0. The first-order chi connectivity index (χ1) is 15.2. The van der Waals surface area contributed by atoms with E-state index < -0.39 is 0 Å². The highest BCUT2D eigenvalue weighted by Crippen LogP contribution is 2.67. The van der Waals surface area contributed by atoms with Crippen molar-refractivity contribution in [1.82, 2.24) is 0 Å². The molecule has 0 N–H and O–H groups in total. The summed E-state index contributed by atoms with van der Waals surface area (Å²) in [5, 5.41) is 0.926. The fourth-order valence-corrected chi connectivity index (χ4v) is 10.1. The Hall–Kier alpha value is -0.240. The van der Waals surface area contributed by atoms with Gasteiger partial charge in [0, 0.05) is 11.7 Å². The largest absolute Gasteiger partial charge is 0.287 e.